The zero-order valence-electron chi connectivity index (χ0n) is 10.5. The fourth-order valence-electron chi connectivity index (χ4n) is 1.97. The highest BCUT2D eigenvalue weighted by atomic mass is 16.5. The van der Waals surface area contributed by atoms with Crippen LogP contribution in [0.1, 0.15) is 49.4 Å². The molecule has 4 heteroatoms. The van der Waals surface area contributed by atoms with Crippen LogP contribution in [0.4, 0.5) is 0 Å². The lowest BCUT2D eigenvalue weighted by atomic mass is 10.1. The lowest BCUT2D eigenvalue weighted by Crippen LogP contribution is -2.35. The van der Waals surface area contributed by atoms with Gasteiger partial charge in [0.05, 0.1) is 6.04 Å². The van der Waals surface area contributed by atoms with Crippen LogP contribution in [0.5, 0.6) is 0 Å². The van der Waals surface area contributed by atoms with Gasteiger partial charge in [0.1, 0.15) is 5.76 Å². The summed E-state index contributed by atoms with van der Waals surface area (Å²) in [5, 5.41) is 3.86. The van der Waals surface area contributed by atoms with E-state index in [1.54, 1.807) is 6.07 Å². The Morgan fingerprint density at radius 3 is 3.00 bits per heavy atom. The van der Waals surface area contributed by atoms with E-state index in [1.165, 1.54) is 0 Å². The molecule has 0 spiro atoms. The normalized spacial score (nSPS) is 19.3. The Bertz CT molecular complexity index is 434. The molecule has 1 aromatic heterocycles. The Labute approximate surface area is 101 Å². The van der Waals surface area contributed by atoms with E-state index in [9.17, 15) is 4.79 Å². The van der Waals surface area contributed by atoms with Gasteiger partial charge in [0.15, 0.2) is 5.69 Å². The molecule has 1 atom stereocenters. The minimum Gasteiger partial charge on any atom is -0.360 e. The second-order valence-electron chi connectivity index (χ2n) is 4.63. The lowest BCUT2D eigenvalue weighted by Gasteiger charge is -2.22. The summed E-state index contributed by atoms with van der Waals surface area (Å²) in [6, 6.07) is 1.94. The van der Waals surface area contributed by atoms with Crippen molar-refractivity contribution in [2.24, 2.45) is 0 Å². The number of hydrogen-bond acceptors (Lipinski definition) is 3. The SMILES string of the molecule is CCC1C=CCN1C(=O)c1cc(C(C)C)on1. The van der Waals surface area contributed by atoms with Crippen LogP contribution in [0, 0.1) is 0 Å². The van der Waals surface area contributed by atoms with Crippen molar-refractivity contribution in [1.29, 1.82) is 0 Å². The summed E-state index contributed by atoms with van der Waals surface area (Å²) in [6.07, 6.45) is 5.02. The minimum atomic E-state index is -0.0440. The number of carbonyl (C=O) groups is 1. The Morgan fingerprint density at radius 1 is 1.65 bits per heavy atom. The Kier molecular flexibility index (Phi) is 3.31. The topological polar surface area (TPSA) is 46.3 Å². The van der Waals surface area contributed by atoms with Crippen LogP contribution in [0.25, 0.3) is 0 Å². The molecule has 0 N–H and O–H groups in total. The van der Waals surface area contributed by atoms with Gasteiger partial charge in [-0.2, -0.15) is 0 Å². The first-order valence-corrected chi connectivity index (χ1v) is 6.07. The van der Waals surface area contributed by atoms with Gasteiger partial charge in [-0.05, 0) is 6.42 Å². The van der Waals surface area contributed by atoms with Crippen molar-refractivity contribution in [2.45, 2.75) is 39.2 Å². The van der Waals surface area contributed by atoms with Crippen molar-refractivity contribution in [3.63, 3.8) is 0 Å². The molecule has 2 heterocycles. The van der Waals surface area contributed by atoms with Gasteiger partial charge in [0.25, 0.3) is 5.91 Å². The van der Waals surface area contributed by atoms with Crippen molar-refractivity contribution in [3.05, 3.63) is 29.7 Å². The van der Waals surface area contributed by atoms with Crippen molar-refractivity contribution < 1.29 is 9.32 Å². The Hall–Kier alpha value is -1.58. The molecule has 0 aromatic carbocycles. The minimum absolute atomic E-state index is 0.0440. The maximum Gasteiger partial charge on any atom is 0.276 e. The molecule has 4 nitrogen and oxygen atoms in total. The summed E-state index contributed by atoms with van der Waals surface area (Å²) < 4.78 is 5.16. The largest absolute Gasteiger partial charge is 0.360 e. The maximum atomic E-state index is 12.2. The van der Waals surface area contributed by atoms with E-state index >= 15 is 0 Å². The quantitative estimate of drug-likeness (QED) is 0.755. The molecule has 1 aliphatic rings. The zero-order chi connectivity index (χ0) is 12.4. The summed E-state index contributed by atoms with van der Waals surface area (Å²) in [5.41, 5.74) is 0.413. The molecular weight excluding hydrogens is 216 g/mol. The summed E-state index contributed by atoms with van der Waals surface area (Å²) in [6.45, 7) is 6.77. The highest BCUT2D eigenvalue weighted by Gasteiger charge is 2.26. The highest BCUT2D eigenvalue weighted by Crippen LogP contribution is 2.19. The molecule has 0 radical (unpaired) electrons. The smallest absolute Gasteiger partial charge is 0.276 e. The molecule has 92 valence electrons. The molecule has 1 aromatic rings. The third kappa shape index (κ3) is 2.25. The van der Waals surface area contributed by atoms with E-state index in [4.69, 9.17) is 4.52 Å². The lowest BCUT2D eigenvalue weighted by molar-refractivity contribution is 0.0737. The van der Waals surface area contributed by atoms with Crippen molar-refractivity contribution >= 4 is 5.91 Å². The van der Waals surface area contributed by atoms with Gasteiger partial charge in [-0.3, -0.25) is 4.79 Å². The Morgan fingerprint density at radius 2 is 2.41 bits per heavy atom. The second kappa shape index (κ2) is 4.73. The van der Waals surface area contributed by atoms with Crippen LogP contribution in [0.2, 0.25) is 0 Å². The number of amides is 1. The van der Waals surface area contributed by atoms with Gasteiger partial charge in [-0.15, -0.1) is 0 Å². The van der Waals surface area contributed by atoms with Gasteiger partial charge in [-0.1, -0.05) is 38.1 Å². The van der Waals surface area contributed by atoms with Crippen LogP contribution in [0.3, 0.4) is 0 Å². The van der Waals surface area contributed by atoms with Gasteiger partial charge in [0.2, 0.25) is 0 Å². The molecule has 0 saturated carbocycles. The van der Waals surface area contributed by atoms with E-state index < -0.39 is 0 Å². The predicted octanol–water partition coefficient (Wildman–Crippen LogP) is 2.59. The molecule has 1 aliphatic heterocycles. The van der Waals surface area contributed by atoms with E-state index in [0.29, 0.717) is 12.2 Å². The van der Waals surface area contributed by atoms with Gasteiger partial charge >= 0.3 is 0 Å². The standard InChI is InChI=1S/C13H18N2O2/c1-4-10-6-5-7-15(10)13(16)11-8-12(9(2)3)17-14-11/h5-6,8-10H,4,7H2,1-3H3. The average Bonchev–Trinajstić information content (AvgIpc) is 2.96. The summed E-state index contributed by atoms with van der Waals surface area (Å²) in [7, 11) is 0. The number of rotatable bonds is 3. The number of aromatic nitrogens is 1. The molecular formula is C13H18N2O2. The number of carbonyl (C=O) groups excluding carboxylic acids is 1. The first-order valence-electron chi connectivity index (χ1n) is 6.07. The Balaban J connectivity index is 2.14. The summed E-state index contributed by atoms with van der Waals surface area (Å²) >= 11 is 0. The fraction of sp³-hybridized carbons (Fsp3) is 0.538. The number of nitrogens with zero attached hydrogens (tertiary/aromatic N) is 2. The summed E-state index contributed by atoms with van der Waals surface area (Å²) in [4.78, 5) is 14.0. The first kappa shape index (κ1) is 11.9. The van der Waals surface area contributed by atoms with E-state index in [-0.39, 0.29) is 17.9 Å². The first-order chi connectivity index (χ1) is 8.13. The third-order valence-electron chi connectivity index (χ3n) is 3.06. The van der Waals surface area contributed by atoms with Gasteiger partial charge in [-0.25, -0.2) is 0 Å². The molecule has 2 rings (SSSR count). The van der Waals surface area contributed by atoms with E-state index in [1.807, 2.05) is 24.8 Å². The molecule has 0 aliphatic carbocycles. The second-order valence-corrected chi connectivity index (χ2v) is 4.63. The van der Waals surface area contributed by atoms with E-state index in [0.717, 1.165) is 12.2 Å². The fourth-order valence-corrected chi connectivity index (χ4v) is 1.97. The highest BCUT2D eigenvalue weighted by molar-refractivity contribution is 5.93. The maximum absolute atomic E-state index is 12.2. The predicted molar refractivity (Wildman–Crippen MR) is 64.8 cm³/mol. The van der Waals surface area contributed by atoms with Crippen molar-refractivity contribution in [2.75, 3.05) is 6.54 Å². The van der Waals surface area contributed by atoms with Crippen molar-refractivity contribution in [1.82, 2.24) is 10.1 Å². The average molecular weight is 234 g/mol. The van der Waals surface area contributed by atoms with Crippen LogP contribution in [-0.4, -0.2) is 28.6 Å². The molecule has 17 heavy (non-hydrogen) atoms. The van der Waals surface area contributed by atoms with Crippen LogP contribution >= 0.6 is 0 Å². The molecule has 1 amide bonds. The summed E-state index contributed by atoms with van der Waals surface area (Å²) in [5.74, 6) is 0.966. The van der Waals surface area contributed by atoms with Crippen LogP contribution in [-0.2, 0) is 0 Å². The van der Waals surface area contributed by atoms with Gasteiger partial charge in [0, 0.05) is 18.5 Å². The molecule has 0 bridgehead atoms. The van der Waals surface area contributed by atoms with Crippen LogP contribution < -0.4 is 0 Å². The zero-order valence-corrected chi connectivity index (χ0v) is 10.5. The van der Waals surface area contributed by atoms with E-state index in [2.05, 4.69) is 18.2 Å². The van der Waals surface area contributed by atoms with Crippen molar-refractivity contribution in [3.8, 4) is 0 Å². The van der Waals surface area contributed by atoms with Crippen LogP contribution in [0.15, 0.2) is 22.7 Å². The van der Waals surface area contributed by atoms with Gasteiger partial charge < -0.3 is 9.42 Å². The molecule has 0 fully saturated rings. The molecule has 1 unspecified atom stereocenters. The monoisotopic (exact) mass is 234 g/mol. The molecule has 0 saturated heterocycles. The number of hydrogen-bond donors (Lipinski definition) is 0. The third-order valence-corrected chi connectivity index (χ3v) is 3.06.